The molecule has 0 radical (unpaired) electrons. The molecule has 9 aromatic rings. The molecule has 0 bridgehead atoms. The van der Waals surface area contributed by atoms with Crippen LogP contribution in [0.15, 0.2) is 255 Å². The summed E-state index contributed by atoms with van der Waals surface area (Å²) >= 11 is 0. The van der Waals surface area contributed by atoms with Crippen molar-refractivity contribution in [2.75, 3.05) is 12.3 Å². The molecule has 0 N–H and O–H groups in total. The van der Waals surface area contributed by atoms with E-state index in [9.17, 15) is 0 Å². The summed E-state index contributed by atoms with van der Waals surface area (Å²) in [7, 11) is -2.75. The molecule has 1 heterocycles. The monoisotopic (exact) mass is 884 g/mol. The average molecular weight is 885 g/mol. The second kappa shape index (κ2) is 18.8. The van der Waals surface area contributed by atoms with E-state index in [1.807, 2.05) is 0 Å². The Labute approximate surface area is 378 Å². The zero-order chi connectivity index (χ0) is 42.3. The predicted octanol–water partition coefficient (Wildman–Crippen LogP) is 9.97. The third-order valence-electron chi connectivity index (χ3n) is 13.0. The summed E-state index contributed by atoms with van der Waals surface area (Å²) in [6, 6.07) is 98.1. The van der Waals surface area contributed by atoms with E-state index >= 15 is 0 Å². The molecule has 63 heavy (non-hydrogen) atoms. The second-order valence-electron chi connectivity index (χ2n) is 16.5. The zero-order valence-electron chi connectivity index (χ0n) is 35.6. The van der Waals surface area contributed by atoms with Gasteiger partial charge in [0.2, 0.25) is 0 Å². The van der Waals surface area contributed by atoms with Crippen molar-refractivity contribution < 1.29 is 0 Å². The van der Waals surface area contributed by atoms with E-state index < -0.39 is 30.4 Å². The molecular weight excluding hydrogens is 833 g/mol. The van der Waals surface area contributed by atoms with Crippen molar-refractivity contribution in [3.8, 4) is 0 Å². The molecule has 308 valence electrons. The topological polar surface area (TPSA) is 0 Å². The maximum atomic E-state index is 2.62. The first kappa shape index (κ1) is 41.7. The first-order valence-corrected chi connectivity index (χ1v) is 28.9. The van der Waals surface area contributed by atoms with Crippen LogP contribution in [0.25, 0.3) is 0 Å². The number of hydrogen-bond acceptors (Lipinski definition) is 0. The Morgan fingerprint density at radius 1 is 0.222 bits per heavy atom. The molecule has 1 aliphatic heterocycles. The minimum atomic E-state index is -3.49. The molecule has 1 fully saturated rings. The summed E-state index contributed by atoms with van der Waals surface area (Å²) in [5, 5.41) is 17.7. The van der Waals surface area contributed by atoms with Crippen LogP contribution in [0.2, 0.25) is 0 Å². The van der Waals surface area contributed by atoms with Crippen LogP contribution in [0.1, 0.15) is 19.3 Å². The second-order valence-corrected chi connectivity index (χ2v) is 28.4. The third kappa shape index (κ3) is 7.78. The predicted molar refractivity (Wildman–Crippen MR) is 285 cm³/mol. The van der Waals surface area contributed by atoms with E-state index in [1.165, 1.54) is 67.0 Å². The van der Waals surface area contributed by atoms with Gasteiger partial charge in [0.25, 0.3) is 0 Å². The Balaban J connectivity index is 1.39. The van der Waals surface area contributed by atoms with Gasteiger partial charge in [-0.25, -0.2) is 0 Å². The van der Waals surface area contributed by atoms with Gasteiger partial charge in [-0.1, -0.05) is 0 Å². The van der Waals surface area contributed by atoms with Crippen LogP contribution in [0.3, 0.4) is 0 Å². The molecule has 9 aromatic carbocycles. The van der Waals surface area contributed by atoms with E-state index in [2.05, 4.69) is 255 Å². The Kier molecular flexibility index (Phi) is 12.5. The molecule has 0 spiro atoms. The van der Waals surface area contributed by atoms with Crippen LogP contribution < -0.4 is 63.7 Å². The summed E-state index contributed by atoms with van der Waals surface area (Å²) in [6.45, 7) is -3.49. The third-order valence-corrected chi connectivity index (χ3v) is 28.3. The maximum absolute atomic E-state index is 3.49. The van der Waals surface area contributed by atoms with E-state index in [1.54, 1.807) is 15.9 Å². The van der Waals surface area contributed by atoms with Gasteiger partial charge in [0, 0.05) is 0 Å². The van der Waals surface area contributed by atoms with Gasteiger partial charge >= 0.3 is 380 Å². The Hall–Kier alpha value is -5.30. The first-order valence-electron chi connectivity index (χ1n) is 22.3. The normalized spacial score (nSPS) is 15.1. The Morgan fingerprint density at radius 3 is 0.667 bits per heavy atom. The van der Waals surface area contributed by atoms with Crippen molar-refractivity contribution in [2.45, 2.75) is 19.3 Å². The van der Waals surface area contributed by atoms with Crippen molar-refractivity contribution >= 4 is 94.0 Å². The number of hydrogen-bond donors (Lipinski definition) is 0. The summed E-state index contributed by atoms with van der Waals surface area (Å²) in [4.78, 5) is 0. The van der Waals surface area contributed by atoms with Crippen LogP contribution in [-0.2, 0) is 0 Å². The Bertz CT molecular complexity index is 2450. The average Bonchev–Trinajstić information content (AvgIpc) is 3.37. The van der Waals surface area contributed by atoms with Gasteiger partial charge in [-0.3, -0.25) is 0 Å². The molecule has 1 aliphatic rings. The fourth-order valence-corrected chi connectivity index (χ4v) is 28.0. The molecule has 10 rings (SSSR count). The standard InChI is InChI=1S/C59H52P4/c1-8-28-48(29-9-1)60(49-30-10-2-11-31-49)54-40-20-23-43-57(54)63(46-26-7-27-47-63,58-44-24-21-41-55(58)61(50-32-12-3-13-33-50)51-34-14-4-15-35-51)59-45-25-22-42-56(59)62(52-36-16-5-17-37-52)53-38-18-6-19-39-53/h1-6,8-25,28-45H,7,26-27,46-47H2. The molecule has 0 atom stereocenters. The molecule has 0 aliphatic carbocycles. The van der Waals surface area contributed by atoms with Crippen LogP contribution in [-0.4, -0.2) is 12.3 Å². The van der Waals surface area contributed by atoms with Gasteiger partial charge in [-0.05, 0) is 0 Å². The minimum absolute atomic E-state index is 0.918. The quantitative estimate of drug-likeness (QED) is 0.107. The van der Waals surface area contributed by atoms with Gasteiger partial charge in [-0.15, -0.1) is 0 Å². The molecule has 1 saturated heterocycles. The molecule has 0 aromatic heterocycles. The summed E-state index contributed by atoms with van der Waals surface area (Å²) in [5.74, 6) is 0. The van der Waals surface area contributed by atoms with Crippen LogP contribution in [0.5, 0.6) is 0 Å². The van der Waals surface area contributed by atoms with Gasteiger partial charge in [0.05, 0.1) is 0 Å². The van der Waals surface area contributed by atoms with Crippen molar-refractivity contribution in [2.24, 2.45) is 0 Å². The van der Waals surface area contributed by atoms with Crippen molar-refractivity contribution in [3.05, 3.63) is 255 Å². The van der Waals surface area contributed by atoms with E-state index in [-0.39, 0.29) is 0 Å². The van der Waals surface area contributed by atoms with Gasteiger partial charge in [-0.2, -0.15) is 0 Å². The first-order chi connectivity index (χ1) is 31.3. The molecule has 4 heteroatoms. The van der Waals surface area contributed by atoms with Crippen molar-refractivity contribution in [1.29, 1.82) is 0 Å². The fraction of sp³-hybridized carbons (Fsp3) is 0.0847. The van der Waals surface area contributed by atoms with Crippen molar-refractivity contribution in [1.82, 2.24) is 0 Å². The van der Waals surface area contributed by atoms with Crippen LogP contribution in [0, 0.1) is 0 Å². The number of benzene rings is 9. The molecular formula is C59H52P4. The van der Waals surface area contributed by atoms with Gasteiger partial charge < -0.3 is 0 Å². The van der Waals surface area contributed by atoms with E-state index in [4.69, 9.17) is 0 Å². The zero-order valence-corrected chi connectivity index (χ0v) is 39.2. The van der Waals surface area contributed by atoms with E-state index in [0.717, 1.165) is 12.3 Å². The van der Waals surface area contributed by atoms with Gasteiger partial charge in [0.15, 0.2) is 0 Å². The summed E-state index contributed by atoms with van der Waals surface area (Å²) in [5.41, 5.74) is 0. The van der Waals surface area contributed by atoms with Crippen molar-refractivity contribution in [3.63, 3.8) is 0 Å². The van der Waals surface area contributed by atoms with Crippen LogP contribution in [0.4, 0.5) is 0 Å². The van der Waals surface area contributed by atoms with E-state index in [0.29, 0.717) is 0 Å². The summed E-state index contributed by atoms with van der Waals surface area (Å²) in [6.07, 6.45) is 5.90. The molecule has 0 amide bonds. The van der Waals surface area contributed by atoms with Gasteiger partial charge in [0.1, 0.15) is 0 Å². The Morgan fingerprint density at radius 2 is 0.429 bits per heavy atom. The SMILES string of the molecule is c1ccc(P(c2ccccc2)c2ccccc2P2(c3ccccc3P(c3ccccc3)c3ccccc3)(c3ccccc3P(c3ccccc3)c3ccccc3)CCCCC2)cc1. The summed E-state index contributed by atoms with van der Waals surface area (Å²) < 4.78 is 0. The fourth-order valence-electron chi connectivity index (χ4n) is 10.4. The van der Waals surface area contributed by atoms with Crippen LogP contribution >= 0.6 is 30.4 Å². The number of rotatable bonds is 12. The molecule has 0 saturated carbocycles. The molecule has 0 nitrogen and oxygen atoms in total. The molecule has 0 unspecified atom stereocenters.